The molecule has 1 saturated carbocycles. The zero-order valence-electron chi connectivity index (χ0n) is 14.6. The molecule has 144 valence electrons. The number of aromatic amines is 1. The number of nitrogens with zero attached hydrogens (tertiary/aromatic N) is 2. The second kappa shape index (κ2) is 6.67. The molecule has 27 heavy (non-hydrogen) atoms. The van der Waals surface area contributed by atoms with Gasteiger partial charge in [0.1, 0.15) is 0 Å². The van der Waals surface area contributed by atoms with E-state index in [2.05, 4.69) is 10.2 Å². The average molecular weight is 379 g/mol. The van der Waals surface area contributed by atoms with E-state index in [0.29, 0.717) is 31.8 Å². The Labute approximate surface area is 154 Å². The highest BCUT2D eigenvalue weighted by Gasteiger charge is 2.33. The summed E-state index contributed by atoms with van der Waals surface area (Å²) in [7, 11) is 0. The van der Waals surface area contributed by atoms with Gasteiger partial charge in [-0.25, -0.2) is 0 Å². The van der Waals surface area contributed by atoms with E-state index in [9.17, 15) is 23.1 Å². The largest absolute Gasteiger partial charge is 0.416 e. The molecule has 0 spiro atoms. The molecule has 1 aromatic heterocycles. The minimum absolute atomic E-state index is 0.163. The number of fused-ring (bicyclic) bond motifs is 1. The minimum Gasteiger partial charge on any atom is -0.378 e. The molecule has 2 heterocycles. The van der Waals surface area contributed by atoms with Crippen LogP contribution in [0.5, 0.6) is 0 Å². The Morgan fingerprint density at radius 2 is 1.85 bits per heavy atom. The Hall–Kier alpha value is -2.35. The molecule has 4 rings (SSSR count). The van der Waals surface area contributed by atoms with Crippen LogP contribution in [0.15, 0.2) is 24.3 Å². The number of aromatic nitrogens is 2. The van der Waals surface area contributed by atoms with Crippen LogP contribution in [0.4, 0.5) is 13.2 Å². The lowest BCUT2D eigenvalue weighted by Gasteiger charge is -2.23. The number of benzene rings is 1. The maximum atomic E-state index is 12.7. The van der Waals surface area contributed by atoms with Crippen LogP contribution in [-0.2, 0) is 23.8 Å². The molecule has 5 nitrogen and oxygen atoms in total. The van der Waals surface area contributed by atoms with Crippen molar-refractivity contribution in [1.82, 2.24) is 15.1 Å². The van der Waals surface area contributed by atoms with Gasteiger partial charge in [-0.1, -0.05) is 12.1 Å². The number of aliphatic hydroxyl groups is 1. The third-order valence-corrected chi connectivity index (χ3v) is 5.31. The summed E-state index contributed by atoms with van der Waals surface area (Å²) in [6.07, 6.45) is -2.33. The van der Waals surface area contributed by atoms with E-state index < -0.39 is 23.8 Å². The highest BCUT2D eigenvalue weighted by Crippen LogP contribution is 2.41. The fourth-order valence-electron chi connectivity index (χ4n) is 3.59. The van der Waals surface area contributed by atoms with Gasteiger partial charge < -0.3 is 10.0 Å². The third kappa shape index (κ3) is 3.58. The van der Waals surface area contributed by atoms with Gasteiger partial charge in [0, 0.05) is 31.1 Å². The highest BCUT2D eigenvalue weighted by molar-refractivity contribution is 5.82. The van der Waals surface area contributed by atoms with E-state index >= 15 is 0 Å². The monoisotopic (exact) mass is 379 g/mol. The summed E-state index contributed by atoms with van der Waals surface area (Å²) in [5, 5.41) is 17.8. The van der Waals surface area contributed by atoms with Crippen molar-refractivity contribution in [3.05, 3.63) is 52.3 Å². The number of nitrogens with one attached hydrogen (secondary N) is 1. The Balaban J connectivity index is 1.45. The molecule has 0 radical (unpaired) electrons. The number of rotatable bonds is 3. The number of carbonyl (C=O) groups excluding carboxylic acids is 1. The quantitative estimate of drug-likeness (QED) is 0.862. The Morgan fingerprint density at radius 1 is 1.19 bits per heavy atom. The van der Waals surface area contributed by atoms with E-state index in [1.54, 1.807) is 4.90 Å². The van der Waals surface area contributed by atoms with Crippen molar-refractivity contribution < 1.29 is 23.1 Å². The normalized spacial score (nSPS) is 18.7. The molecule has 0 bridgehead atoms. The fourth-order valence-corrected chi connectivity index (χ4v) is 3.59. The van der Waals surface area contributed by atoms with Gasteiger partial charge in [-0.15, -0.1) is 0 Å². The molecule has 2 N–H and O–H groups in total. The van der Waals surface area contributed by atoms with Crippen LogP contribution >= 0.6 is 0 Å². The molecule has 2 aromatic rings. The molecule has 1 aliphatic heterocycles. The predicted octanol–water partition coefficient (Wildman–Crippen LogP) is 2.97. The van der Waals surface area contributed by atoms with Crippen LogP contribution in [0, 0.1) is 0 Å². The van der Waals surface area contributed by atoms with Crippen molar-refractivity contribution in [2.24, 2.45) is 0 Å². The lowest BCUT2D eigenvalue weighted by Crippen LogP contribution is -2.37. The molecule has 2 aliphatic rings. The standard InChI is InChI=1S/C19H20F3N3O2/c20-19(21,22)13-5-3-12(4-6-13)17(26)18(27)25-9-7-14-15(8-10-25)23-24-16(14)11-1-2-11/h3-6,11,17,26H,1-2,7-10H2,(H,23,24). The fraction of sp³-hybridized carbons (Fsp3) is 0.474. The van der Waals surface area contributed by atoms with E-state index in [1.807, 2.05) is 0 Å². The zero-order chi connectivity index (χ0) is 19.2. The summed E-state index contributed by atoms with van der Waals surface area (Å²) in [5.74, 6) is 0.0332. The Kier molecular flexibility index (Phi) is 4.46. The molecule has 1 aromatic carbocycles. The van der Waals surface area contributed by atoms with Crippen molar-refractivity contribution in [1.29, 1.82) is 0 Å². The van der Waals surface area contributed by atoms with Crippen molar-refractivity contribution in [2.75, 3.05) is 13.1 Å². The van der Waals surface area contributed by atoms with Crippen molar-refractivity contribution >= 4 is 5.91 Å². The van der Waals surface area contributed by atoms with Crippen LogP contribution in [0.2, 0.25) is 0 Å². The van der Waals surface area contributed by atoms with E-state index in [-0.39, 0.29) is 5.56 Å². The summed E-state index contributed by atoms with van der Waals surface area (Å²) in [6, 6.07) is 4.07. The lowest BCUT2D eigenvalue weighted by molar-refractivity contribution is -0.140. The molecule has 1 atom stereocenters. The first kappa shape index (κ1) is 18.0. The number of alkyl halides is 3. The lowest BCUT2D eigenvalue weighted by atomic mass is 10.1. The van der Waals surface area contributed by atoms with Crippen LogP contribution < -0.4 is 0 Å². The first-order valence-corrected chi connectivity index (χ1v) is 9.04. The summed E-state index contributed by atoms with van der Waals surface area (Å²) in [5.41, 5.74) is 2.67. The number of carbonyl (C=O) groups is 1. The van der Waals surface area contributed by atoms with Gasteiger partial charge in [0.25, 0.3) is 5.91 Å². The maximum absolute atomic E-state index is 12.7. The summed E-state index contributed by atoms with van der Waals surface area (Å²) >= 11 is 0. The number of hydrogen-bond donors (Lipinski definition) is 2. The number of amides is 1. The Morgan fingerprint density at radius 3 is 2.48 bits per heavy atom. The second-order valence-electron chi connectivity index (χ2n) is 7.19. The summed E-state index contributed by atoms with van der Waals surface area (Å²) in [4.78, 5) is 14.2. The summed E-state index contributed by atoms with van der Waals surface area (Å²) in [6.45, 7) is 0.901. The minimum atomic E-state index is -4.45. The predicted molar refractivity (Wildman–Crippen MR) is 91.0 cm³/mol. The topological polar surface area (TPSA) is 69.2 Å². The molecule has 1 aliphatic carbocycles. The summed E-state index contributed by atoms with van der Waals surface area (Å²) < 4.78 is 38.0. The van der Waals surface area contributed by atoms with E-state index in [0.717, 1.165) is 48.5 Å². The average Bonchev–Trinajstić information content (AvgIpc) is 3.45. The second-order valence-corrected chi connectivity index (χ2v) is 7.19. The van der Waals surface area contributed by atoms with Crippen LogP contribution in [-0.4, -0.2) is 39.2 Å². The number of hydrogen-bond acceptors (Lipinski definition) is 3. The Bertz CT molecular complexity index is 841. The molecule has 8 heteroatoms. The number of H-pyrrole nitrogens is 1. The third-order valence-electron chi connectivity index (χ3n) is 5.31. The van der Waals surface area contributed by atoms with Crippen molar-refractivity contribution in [2.45, 2.75) is 43.9 Å². The molecule has 1 fully saturated rings. The first-order valence-electron chi connectivity index (χ1n) is 9.04. The van der Waals surface area contributed by atoms with E-state index in [1.165, 1.54) is 5.56 Å². The molecule has 1 amide bonds. The van der Waals surface area contributed by atoms with Crippen molar-refractivity contribution in [3.63, 3.8) is 0 Å². The van der Waals surface area contributed by atoms with Gasteiger partial charge in [-0.05, 0) is 42.5 Å². The molecular formula is C19H20F3N3O2. The number of halogens is 3. The molecular weight excluding hydrogens is 359 g/mol. The smallest absolute Gasteiger partial charge is 0.378 e. The molecule has 1 unspecified atom stereocenters. The maximum Gasteiger partial charge on any atom is 0.416 e. The van der Waals surface area contributed by atoms with Gasteiger partial charge >= 0.3 is 6.18 Å². The molecule has 0 saturated heterocycles. The van der Waals surface area contributed by atoms with Crippen LogP contribution in [0.3, 0.4) is 0 Å². The van der Waals surface area contributed by atoms with Crippen LogP contribution in [0.1, 0.15) is 52.9 Å². The highest BCUT2D eigenvalue weighted by atomic mass is 19.4. The zero-order valence-corrected chi connectivity index (χ0v) is 14.6. The van der Waals surface area contributed by atoms with Gasteiger partial charge in [0.15, 0.2) is 6.10 Å². The van der Waals surface area contributed by atoms with Gasteiger partial charge in [0.05, 0.1) is 11.3 Å². The van der Waals surface area contributed by atoms with E-state index in [4.69, 9.17) is 0 Å². The number of aliphatic hydroxyl groups excluding tert-OH is 1. The van der Waals surface area contributed by atoms with Gasteiger partial charge in [-0.3, -0.25) is 9.89 Å². The van der Waals surface area contributed by atoms with Crippen molar-refractivity contribution in [3.8, 4) is 0 Å². The van der Waals surface area contributed by atoms with Crippen LogP contribution in [0.25, 0.3) is 0 Å². The SMILES string of the molecule is O=C(C(O)c1ccc(C(F)(F)F)cc1)N1CCc2[nH]nc(C3CC3)c2CC1. The van der Waals surface area contributed by atoms with Gasteiger partial charge in [-0.2, -0.15) is 18.3 Å². The van der Waals surface area contributed by atoms with Gasteiger partial charge in [0.2, 0.25) is 0 Å². The first-order chi connectivity index (χ1) is 12.8.